The molecule has 0 radical (unpaired) electrons. The minimum Gasteiger partial charge on any atom is -0.508 e. The third-order valence-electron chi connectivity index (χ3n) is 5.69. The zero-order chi connectivity index (χ0) is 26.5. The molecule has 0 unspecified atom stereocenters. The molecule has 0 aliphatic rings. The third kappa shape index (κ3) is 6.05. The Labute approximate surface area is 227 Å². The van der Waals surface area contributed by atoms with Crippen molar-refractivity contribution in [2.24, 2.45) is 10.2 Å². The summed E-state index contributed by atoms with van der Waals surface area (Å²) in [5.74, 6) is 0.450. The highest BCUT2D eigenvalue weighted by Gasteiger charge is 2.08. The number of phenolic OH excluding ortho intramolecular Hbond substituents is 2. The zero-order valence-corrected chi connectivity index (χ0v) is 22.2. The van der Waals surface area contributed by atoms with E-state index in [1.165, 1.54) is 22.7 Å². The molecule has 38 heavy (non-hydrogen) atoms. The molecule has 0 bridgehead atoms. The predicted octanol–water partition coefficient (Wildman–Crippen LogP) is 7.02. The lowest BCUT2D eigenvalue weighted by atomic mass is 10.1. The Morgan fingerprint density at radius 3 is 1.34 bits per heavy atom. The fourth-order valence-corrected chi connectivity index (χ4v) is 4.85. The number of hydrazone groups is 2. The summed E-state index contributed by atoms with van der Waals surface area (Å²) in [7, 11) is 0. The van der Waals surface area contributed by atoms with Gasteiger partial charge in [0.1, 0.15) is 11.5 Å². The van der Waals surface area contributed by atoms with Gasteiger partial charge in [0.15, 0.2) is 0 Å². The van der Waals surface area contributed by atoms with Gasteiger partial charge < -0.3 is 10.2 Å². The molecular formula is C28H24N6O2S2. The van der Waals surface area contributed by atoms with Crippen LogP contribution in [0, 0.1) is 0 Å². The van der Waals surface area contributed by atoms with Gasteiger partial charge in [0.25, 0.3) is 0 Å². The average molecular weight is 541 g/mol. The number of aromatic hydroxyl groups is 2. The number of nitrogens with one attached hydrogen (secondary N) is 2. The number of nitrogens with zero attached hydrogens (tertiary/aromatic N) is 4. The number of benzene rings is 3. The summed E-state index contributed by atoms with van der Waals surface area (Å²) >= 11 is 2.96. The fraction of sp³-hybridized carbons (Fsp3) is 0.0714. The highest BCUT2D eigenvalue weighted by atomic mass is 32.1. The van der Waals surface area contributed by atoms with Crippen LogP contribution in [0.1, 0.15) is 25.0 Å². The standard InChI is InChI=1S/C28H24N6O2S2/c1-17(19-7-11-23(35)12-8-19)31-33-27-29-25(15-37-27)21-3-5-22(6-4-21)26-16-38-28(30-26)34-32-18(2)20-9-13-24(36)14-10-20/h3-16,35-36H,1-2H3,(H,29,33)(H,30,34)/b31-17+,32-18+. The van der Waals surface area contributed by atoms with E-state index in [0.29, 0.717) is 10.3 Å². The molecule has 190 valence electrons. The van der Waals surface area contributed by atoms with Crippen molar-refractivity contribution in [1.82, 2.24) is 9.97 Å². The van der Waals surface area contributed by atoms with E-state index >= 15 is 0 Å². The first kappa shape index (κ1) is 25.1. The summed E-state index contributed by atoms with van der Waals surface area (Å²) in [4.78, 5) is 9.29. The SMILES string of the molecule is C/C(=N\Nc1nc(-c2ccc(-c3csc(N/N=C(\C)c4ccc(O)cc4)n3)cc2)cs1)c1ccc(O)cc1. The van der Waals surface area contributed by atoms with Gasteiger partial charge in [-0.1, -0.05) is 24.3 Å². The van der Waals surface area contributed by atoms with Crippen LogP contribution in [0.25, 0.3) is 22.5 Å². The summed E-state index contributed by atoms with van der Waals surface area (Å²) < 4.78 is 0. The van der Waals surface area contributed by atoms with Gasteiger partial charge in [-0.2, -0.15) is 10.2 Å². The quantitative estimate of drug-likeness (QED) is 0.124. The molecule has 0 aliphatic heterocycles. The summed E-state index contributed by atoms with van der Waals surface area (Å²) in [5, 5.41) is 33.1. The Morgan fingerprint density at radius 2 is 0.974 bits per heavy atom. The average Bonchev–Trinajstić information content (AvgIpc) is 3.61. The zero-order valence-electron chi connectivity index (χ0n) is 20.6. The van der Waals surface area contributed by atoms with Crippen molar-refractivity contribution >= 4 is 44.4 Å². The van der Waals surface area contributed by atoms with Crippen molar-refractivity contribution in [2.45, 2.75) is 13.8 Å². The van der Waals surface area contributed by atoms with Gasteiger partial charge in [-0.05, 0) is 73.5 Å². The molecule has 3 aromatic carbocycles. The second-order valence-electron chi connectivity index (χ2n) is 8.36. The number of anilines is 2. The van der Waals surface area contributed by atoms with E-state index < -0.39 is 0 Å². The largest absolute Gasteiger partial charge is 0.508 e. The third-order valence-corrected chi connectivity index (χ3v) is 7.19. The van der Waals surface area contributed by atoms with Crippen molar-refractivity contribution in [3.63, 3.8) is 0 Å². The van der Waals surface area contributed by atoms with Crippen LogP contribution in [0.3, 0.4) is 0 Å². The van der Waals surface area contributed by atoms with Crippen molar-refractivity contribution in [3.05, 3.63) is 94.7 Å². The molecule has 5 rings (SSSR count). The highest BCUT2D eigenvalue weighted by molar-refractivity contribution is 7.14. The van der Waals surface area contributed by atoms with Crippen molar-refractivity contribution in [3.8, 4) is 34.0 Å². The summed E-state index contributed by atoms with van der Waals surface area (Å²) in [6, 6.07) is 21.9. The molecule has 0 amide bonds. The number of hydrogen-bond acceptors (Lipinski definition) is 10. The van der Waals surface area contributed by atoms with Gasteiger partial charge >= 0.3 is 0 Å². The number of aromatic nitrogens is 2. The monoisotopic (exact) mass is 540 g/mol. The molecule has 2 heterocycles. The summed E-state index contributed by atoms with van der Waals surface area (Å²) in [6.07, 6.45) is 0. The first-order chi connectivity index (χ1) is 18.4. The van der Waals surface area contributed by atoms with E-state index in [9.17, 15) is 10.2 Å². The number of rotatable bonds is 8. The molecule has 5 aromatic rings. The Bertz CT molecular complexity index is 1470. The molecule has 0 spiro atoms. The molecule has 0 aliphatic carbocycles. The molecule has 0 fully saturated rings. The molecular weight excluding hydrogens is 516 g/mol. The van der Waals surface area contributed by atoms with Gasteiger partial charge in [-0.25, -0.2) is 9.97 Å². The second-order valence-corrected chi connectivity index (χ2v) is 10.1. The molecule has 2 aromatic heterocycles. The lowest BCUT2D eigenvalue weighted by molar-refractivity contribution is 0.474. The first-order valence-electron chi connectivity index (χ1n) is 11.7. The van der Waals surface area contributed by atoms with Crippen LogP contribution in [-0.4, -0.2) is 31.6 Å². The van der Waals surface area contributed by atoms with Crippen LogP contribution in [0.2, 0.25) is 0 Å². The van der Waals surface area contributed by atoms with Crippen LogP contribution in [0.15, 0.2) is 93.8 Å². The van der Waals surface area contributed by atoms with Crippen LogP contribution in [0.5, 0.6) is 11.5 Å². The van der Waals surface area contributed by atoms with Crippen LogP contribution in [-0.2, 0) is 0 Å². The maximum Gasteiger partial charge on any atom is 0.203 e. The van der Waals surface area contributed by atoms with E-state index in [0.717, 1.165) is 45.1 Å². The van der Waals surface area contributed by atoms with Crippen LogP contribution >= 0.6 is 22.7 Å². The Hall–Kier alpha value is -4.54. The summed E-state index contributed by atoms with van der Waals surface area (Å²) in [6.45, 7) is 3.80. The van der Waals surface area contributed by atoms with E-state index in [1.807, 2.05) is 73.1 Å². The Kier molecular flexibility index (Phi) is 7.43. The topological polar surface area (TPSA) is 115 Å². The van der Waals surface area contributed by atoms with Gasteiger partial charge in [-0.3, -0.25) is 10.9 Å². The van der Waals surface area contributed by atoms with E-state index in [-0.39, 0.29) is 11.5 Å². The molecule has 0 atom stereocenters. The minimum absolute atomic E-state index is 0.225. The molecule has 8 nitrogen and oxygen atoms in total. The van der Waals surface area contributed by atoms with E-state index in [4.69, 9.17) is 0 Å². The second kappa shape index (κ2) is 11.2. The normalized spacial score (nSPS) is 11.9. The number of hydrogen-bond donors (Lipinski definition) is 4. The lowest BCUT2D eigenvalue weighted by Crippen LogP contribution is -1.99. The van der Waals surface area contributed by atoms with Crippen LogP contribution < -0.4 is 10.9 Å². The number of thiazole rings is 2. The summed E-state index contributed by atoms with van der Waals surface area (Å²) in [5.41, 5.74) is 13.2. The number of phenols is 2. The Balaban J connectivity index is 1.21. The van der Waals surface area contributed by atoms with Gasteiger partial charge in [-0.15, -0.1) is 22.7 Å². The van der Waals surface area contributed by atoms with E-state index in [2.05, 4.69) is 31.0 Å². The first-order valence-corrected chi connectivity index (χ1v) is 13.4. The van der Waals surface area contributed by atoms with Crippen molar-refractivity contribution in [1.29, 1.82) is 0 Å². The lowest BCUT2D eigenvalue weighted by Gasteiger charge is -2.02. The minimum atomic E-state index is 0.225. The van der Waals surface area contributed by atoms with Gasteiger partial charge in [0.05, 0.1) is 22.8 Å². The van der Waals surface area contributed by atoms with Crippen molar-refractivity contribution < 1.29 is 10.2 Å². The maximum atomic E-state index is 9.44. The molecule has 0 saturated heterocycles. The molecule has 10 heteroatoms. The fourth-order valence-electron chi connectivity index (χ4n) is 3.52. The Morgan fingerprint density at radius 1 is 0.605 bits per heavy atom. The van der Waals surface area contributed by atoms with Gasteiger partial charge in [0.2, 0.25) is 10.3 Å². The van der Waals surface area contributed by atoms with E-state index in [1.54, 1.807) is 24.3 Å². The predicted molar refractivity (Wildman–Crippen MR) is 157 cm³/mol. The highest BCUT2D eigenvalue weighted by Crippen LogP contribution is 2.29. The molecule has 4 N–H and O–H groups in total. The maximum absolute atomic E-state index is 9.44. The smallest absolute Gasteiger partial charge is 0.203 e. The van der Waals surface area contributed by atoms with Crippen LogP contribution in [0.4, 0.5) is 10.3 Å². The van der Waals surface area contributed by atoms with Crippen molar-refractivity contribution in [2.75, 3.05) is 10.9 Å². The van der Waals surface area contributed by atoms with Gasteiger partial charge in [0, 0.05) is 21.9 Å². The molecule has 0 saturated carbocycles.